The van der Waals surface area contributed by atoms with E-state index in [0.717, 1.165) is 5.69 Å². The lowest BCUT2D eigenvalue weighted by atomic mass is 10.2. The van der Waals surface area contributed by atoms with Gasteiger partial charge in [-0.05, 0) is 47.8 Å². The highest BCUT2D eigenvalue weighted by atomic mass is 35.5. The molecule has 134 valence electrons. The fourth-order valence-electron chi connectivity index (χ4n) is 2.36. The molecule has 1 heterocycles. The van der Waals surface area contributed by atoms with Gasteiger partial charge in [0.1, 0.15) is 5.75 Å². The molecule has 26 heavy (non-hydrogen) atoms. The van der Waals surface area contributed by atoms with Crippen molar-refractivity contribution in [3.63, 3.8) is 0 Å². The second-order valence-electron chi connectivity index (χ2n) is 5.43. The number of amides is 1. The molecule has 0 atom stereocenters. The van der Waals surface area contributed by atoms with Crippen molar-refractivity contribution in [2.75, 3.05) is 17.7 Å². The SMILES string of the molecule is COc1ccc(NC(=O)c2ccc(Cl)c(Cl)c2)cc1NCc1cccs1. The van der Waals surface area contributed by atoms with E-state index in [9.17, 15) is 4.79 Å². The predicted octanol–water partition coefficient (Wildman–Crippen LogP) is 5.93. The summed E-state index contributed by atoms with van der Waals surface area (Å²) in [6, 6.07) is 14.3. The fourth-order valence-corrected chi connectivity index (χ4v) is 3.30. The minimum atomic E-state index is -0.266. The number of nitrogens with one attached hydrogen (secondary N) is 2. The molecule has 3 aromatic rings. The quantitative estimate of drug-likeness (QED) is 0.533. The lowest BCUT2D eigenvalue weighted by Crippen LogP contribution is -2.12. The Balaban J connectivity index is 1.75. The molecule has 1 aromatic heterocycles. The largest absolute Gasteiger partial charge is 0.495 e. The summed E-state index contributed by atoms with van der Waals surface area (Å²) in [4.78, 5) is 13.6. The van der Waals surface area contributed by atoms with Gasteiger partial charge in [-0.3, -0.25) is 4.79 Å². The first-order valence-electron chi connectivity index (χ1n) is 7.77. The van der Waals surface area contributed by atoms with E-state index in [1.54, 1.807) is 48.8 Å². The topological polar surface area (TPSA) is 50.4 Å². The Morgan fingerprint density at radius 3 is 2.65 bits per heavy atom. The zero-order valence-corrected chi connectivity index (χ0v) is 16.2. The maximum absolute atomic E-state index is 12.4. The van der Waals surface area contributed by atoms with Gasteiger partial charge in [-0.25, -0.2) is 0 Å². The van der Waals surface area contributed by atoms with Gasteiger partial charge in [0.2, 0.25) is 0 Å². The first-order chi connectivity index (χ1) is 12.6. The van der Waals surface area contributed by atoms with Gasteiger partial charge in [0.15, 0.2) is 0 Å². The van der Waals surface area contributed by atoms with E-state index < -0.39 is 0 Å². The van der Waals surface area contributed by atoms with Crippen LogP contribution in [0.3, 0.4) is 0 Å². The number of carbonyl (C=O) groups is 1. The molecule has 0 saturated carbocycles. The number of carbonyl (C=O) groups excluding carboxylic acids is 1. The zero-order chi connectivity index (χ0) is 18.5. The van der Waals surface area contributed by atoms with E-state index in [2.05, 4.69) is 16.7 Å². The molecular weight excluding hydrogens is 391 g/mol. The van der Waals surface area contributed by atoms with Crippen molar-refractivity contribution in [3.8, 4) is 5.75 Å². The maximum atomic E-state index is 12.4. The molecule has 0 fully saturated rings. The van der Waals surface area contributed by atoms with Gasteiger partial charge in [-0.15, -0.1) is 11.3 Å². The number of rotatable bonds is 6. The van der Waals surface area contributed by atoms with Gasteiger partial charge in [0.25, 0.3) is 5.91 Å². The van der Waals surface area contributed by atoms with Crippen LogP contribution >= 0.6 is 34.5 Å². The summed E-state index contributed by atoms with van der Waals surface area (Å²) in [7, 11) is 1.61. The minimum Gasteiger partial charge on any atom is -0.495 e. The van der Waals surface area contributed by atoms with Crippen molar-refractivity contribution in [1.29, 1.82) is 0 Å². The van der Waals surface area contributed by atoms with E-state index in [1.807, 2.05) is 17.5 Å². The van der Waals surface area contributed by atoms with Crippen LogP contribution in [-0.2, 0) is 6.54 Å². The van der Waals surface area contributed by atoms with Crippen LogP contribution in [0.15, 0.2) is 53.9 Å². The molecule has 0 bridgehead atoms. The number of methoxy groups -OCH3 is 1. The van der Waals surface area contributed by atoms with E-state index in [0.29, 0.717) is 33.6 Å². The van der Waals surface area contributed by atoms with Gasteiger partial charge < -0.3 is 15.4 Å². The standard InChI is InChI=1S/C19H16Cl2N2O2S/c1-25-18-7-5-13(10-17(18)22-11-14-3-2-8-26-14)23-19(24)12-4-6-15(20)16(21)9-12/h2-10,22H,11H2,1H3,(H,23,24). The molecule has 2 aromatic carbocycles. The molecule has 3 rings (SSSR count). The molecule has 2 N–H and O–H groups in total. The van der Waals surface area contributed by atoms with Crippen molar-refractivity contribution < 1.29 is 9.53 Å². The number of anilines is 2. The van der Waals surface area contributed by atoms with Crippen LogP contribution in [0.2, 0.25) is 10.0 Å². The fraction of sp³-hybridized carbons (Fsp3) is 0.105. The van der Waals surface area contributed by atoms with Gasteiger partial charge >= 0.3 is 0 Å². The zero-order valence-electron chi connectivity index (χ0n) is 13.9. The van der Waals surface area contributed by atoms with Gasteiger partial charge in [-0.1, -0.05) is 29.3 Å². The summed E-state index contributed by atoms with van der Waals surface area (Å²) in [5.41, 5.74) is 1.88. The van der Waals surface area contributed by atoms with E-state index >= 15 is 0 Å². The first-order valence-corrected chi connectivity index (χ1v) is 9.41. The Bertz CT molecular complexity index is 914. The van der Waals surface area contributed by atoms with Crippen LogP contribution < -0.4 is 15.4 Å². The Hall–Kier alpha value is -2.21. The maximum Gasteiger partial charge on any atom is 0.255 e. The van der Waals surface area contributed by atoms with Gasteiger partial charge in [0, 0.05) is 22.7 Å². The molecule has 7 heteroatoms. The second-order valence-corrected chi connectivity index (χ2v) is 7.28. The Labute approximate surface area is 165 Å². The molecule has 1 amide bonds. The molecule has 0 unspecified atom stereocenters. The number of benzene rings is 2. The molecule has 0 saturated heterocycles. The second kappa shape index (κ2) is 8.45. The summed E-state index contributed by atoms with van der Waals surface area (Å²) in [6.07, 6.45) is 0. The number of ether oxygens (including phenoxy) is 1. The van der Waals surface area contributed by atoms with Crippen LogP contribution in [-0.4, -0.2) is 13.0 Å². The van der Waals surface area contributed by atoms with E-state index in [4.69, 9.17) is 27.9 Å². The highest BCUT2D eigenvalue weighted by molar-refractivity contribution is 7.09. The van der Waals surface area contributed by atoms with Crippen LogP contribution in [0.1, 0.15) is 15.2 Å². The molecular formula is C19H16Cl2N2O2S. The number of hydrogen-bond acceptors (Lipinski definition) is 4. The molecule has 4 nitrogen and oxygen atoms in total. The summed E-state index contributed by atoms with van der Waals surface area (Å²) >= 11 is 13.5. The number of thiophene rings is 1. The summed E-state index contributed by atoms with van der Waals surface area (Å²) in [5.74, 6) is 0.437. The van der Waals surface area contributed by atoms with Crippen molar-refractivity contribution >= 4 is 51.8 Å². The first kappa shape index (κ1) is 18.6. The lowest BCUT2D eigenvalue weighted by molar-refractivity contribution is 0.102. The minimum absolute atomic E-state index is 0.266. The van der Waals surface area contributed by atoms with Crippen LogP contribution in [0, 0.1) is 0 Å². The summed E-state index contributed by atoms with van der Waals surface area (Å²) in [6.45, 7) is 0.679. The van der Waals surface area contributed by atoms with Crippen molar-refractivity contribution in [2.24, 2.45) is 0 Å². The van der Waals surface area contributed by atoms with Gasteiger partial charge in [-0.2, -0.15) is 0 Å². The van der Waals surface area contributed by atoms with Crippen LogP contribution in [0.25, 0.3) is 0 Å². The molecule has 0 radical (unpaired) electrons. The van der Waals surface area contributed by atoms with Gasteiger partial charge in [0.05, 0.1) is 22.8 Å². The highest BCUT2D eigenvalue weighted by Crippen LogP contribution is 2.29. The summed E-state index contributed by atoms with van der Waals surface area (Å²) < 4.78 is 5.38. The highest BCUT2D eigenvalue weighted by Gasteiger charge is 2.11. The molecule has 0 aliphatic carbocycles. The van der Waals surface area contributed by atoms with E-state index in [-0.39, 0.29) is 5.91 Å². The van der Waals surface area contributed by atoms with Crippen molar-refractivity contribution in [3.05, 3.63) is 74.4 Å². The third kappa shape index (κ3) is 4.49. The third-order valence-corrected chi connectivity index (χ3v) is 5.29. The number of hydrogen-bond donors (Lipinski definition) is 2. The monoisotopic (exact) mass is 406 g/mol. The Morgan fingerprint density at radius 1 is 1.12 bits per heavy atom. The van der Waals surface area contributed by atoms with Crippen molar-refractivity contribution in [1.82, 2.24) is 0 Å². The molecule has 0 aliphatic rings. The summed E-state index contributed by atoms with van der Waals surface area (Å²) in [5, 5.41) is 8.97. The molecule has 0 spiro atoms. The predicted molar refractivity (Wildman–Crippen MR) is 109 cm³/mol. The molecule has 0 aliphatic heterocycles. The average Bonchev–Trinajstić information content (AvgIpc) is 3.16. The van der Waals surface area contributed by atoms with Crippen molar-refractivity contribution in [2.45, 2.75) is 6.54 Å². The Morgan fingerprint density at radius 2 is 1.96 bits per heavy atom. The third-order valence-electron chi connectivity index (χ3n) is 3.67. The lowest BCUT2D eigenvalue weighted by Gasteiger charge is -2.13. The smallest absolute Gasteiger partial charge is 0.255 e. The number of halogens is 2. The van der Waals surface area contributed by atoms with Crippen LogP contribution in [0.4, 0.5) is 11.4 Å². The average molecular weight is 407 g/mol. The Kier molecular flexibility index (Phi) is 6.04. The normalized spacial score (nSPS) is 10.4. The van der Waals surface area contributed by atoms with E-state index in [1.165, 1.54) is 4.88 Å². The van der Waals surface area contributed by atoms with Crippen LogP contribution in [0.5, 0.6) is 5.75 Å².